The Morgan fingerprint density at radius 2 is 1.65 bits per heavy atom. The minimum absolute atomic E-state index is 0.136. The number of ether oxygens (including phenoxy) is 1. The molecule has 4 rings (SSSR count). The molecule has 0 heterocycles. The maximum absolute atomic E-state index is 13.7. The standard InChI is InChI=1S/C30H32Cl2N2O3/c1-21-11-14-25(15-12-21)37-20-29(35)34(19-23-13-16-26(31)27(32)17-23)28(18-22-7-3-2-4-8-22)30(36)33-24-9-5-6-10-24/h2-4,7-8,11-17,24,28H,5-6,9-10,18-20H2,1H3,(H,33,36). The van der Waals surface area contributed by atoms with Crippen LogP contribution >= 0.6 is 23.2 Å². The summed E-state index contributed by atoms with van der Waals surface area (Å²) < 4.78 is 5.83. The van der Waals surface area contributed by atoms with Gasteiger partial charge in [0.15, 0.2) is 6.61 Å². The second-order valence-corrected chi connectivity index (χ2v) is 10.4. The van der Waals surface area contributed by atoms with Crippen LogP contribution in [-0.2, 0) is 22.6 Å². The van der Waals surface area contributed by atoms with Crippen LogP contribution < -0.4 is 10.1 Å². The number of carbonyl (C=O) groups excluding carboxylic acids is 2. The van der Waals surface area contributed by atoms with Crippen LogP contribution in [0.3, 0.4) is 0 Å². The Morgan fingerprint density at radius 1 is 0.946 bits per heavy atom. The molecular formula is C30H32Cl2N2O3. The van der Waals surface area contributed by atoms with Gasteiger partial charge in [0, 0.05) is 19.0 Å². The summed E-state index contributed by atoms with van der Waals surface area (Å²) in [6.45, 7) is 2.00. The van der Waals surface area contributed by atoms with Crippen molar-refractivity contribution >= 4 is 35.0 Å². The molecule has 1 atom stereocenters. The number of hydrogen-bond donors (Lipinski definition) is 1. The fourth-order valence-corrected chi connectivity index (χ4v) is 4.94. The minimum atomic E-state index is -0.716. The molecule has 0 saturated heterocycles. The van der Waals surface area contributed by atoms with E-state index in [1.54, 1.807) is 17.0 Å². The van der Waals surface area contributed by atoms with Crippen molar-refractivity contribution in [3.8, 4) is 5.75 Å². The topological polar surface area (TPSA) is 58.6 Å². The fraction of sp³-hybridized carbons (Fsp3) is 0.333. The lowest BCUT2D eigenvalue weighted by atomic mass is 10.0. The maximum atomic E-state index is 13.7. The summed E-state index contributed by atoms with van der Waals surface area (Å²) in [6.07, 6.45) is 4.51. The van der Waals surface area contributed by atoms with Gasteiger partial charge in [0.2, 0.25) is 5.91 Å². The molecule has 2 amide bonds. The molecule has 0 aliphatic heterocycles. The molecule has 1 aliphatic rings. The number of benzene rings is 3. The summed E-state index contributed by atoms with van der Waals surface area (Å²) in [6, 6.07) is 22.0. The Hall–Kier alpha value is -3.02. The largest absolute Gasteiger partial charge is 0.484 e. The second kappa shape index (κ2) is 13.0. The SMILES string of the molecule is Cc1ccc(OCC(=O)N(Cc2ccc(Cl)c(Cl)c2)C(Cc2ccccc2)C(=O)NC2CCCC2)cc1. The van der Waals surface area contributed by atoms with Crippen molar-refractivity contribution < 1.29 is 14.3 Å². The van der Waals surface area contributed by atoms with Crippen molar-refractivity contribution in [3.63, 3.8) is 0 Å². The summed E-state index contributed by atoms with van der Waals surface area (Å²) >= 11 is 12.4. The van der Waals surface area contributed by atoms with Gasteiger partial charge in [0.25, 0.3) is 5.91 Å². The van der Waals surface area contributed by atoms with E-state index in [1.807, 2.05) is 67.6 Å². The first kappa shape index (κ1) is 27.0. The van der Waals surface area contributed by atoms with E-state index in [0.717, 1.165) is 42.4 Å². The summed E-state index contributed by atoms with van der Waals surface area (Å²) in [5, 5.41) is 4.04. The molecule has 3 aromatic rings. The van der Waals surface area contributed by atoms with Gasteiger partial charge in [-0.3, -0.25) is 9.59 Å². The molecule has 3 aromatic carbocycles. The molecular weight excluding hydrogens is 507 g/mol. The summed E-state index contributed by atoms with van der Waals surface area (Å²) in [5.41, 5.74) is 2.86. The monoisotopic (exact) mass is 538 g/mol. The molecule has 5 nitrogen and oxygen atoms in total. The van der Waals surface area contributed by atoms with Crippen molar-refractivity contribution in [2.45, 2.75) is 57.7 Å². The molecule has 1 unspecified atom stereocenters. The molecule has 1 fully saturated rings. The third-order valence-corrected chi connectivity index (χ3v) is 7.43. The maximum Gasteiger partial charge on any atom is 0.261 e. The van der Waals surface area contributed by atoms with Crippen LogP contribution in [0.5, 0.6) is 5.75 Å². The quantitative estimate of drug-likeness (QED) is 0.325. The van der Waals surface area contributed by atoms with E-state index in [0.29, 0.717) is 22.2 Å². The van der Waals surface area contributed by atoms with Crippen molar-refractivity contribution in [2.75, 3.05) is 6.61 Å². The van der Waals surface area contributed by atoms with Gasteiger partial charge in [-0.15, -0.1) is 0 Å². The smallest absolute Gasteiger partial charge is 0.261 e. The van der Waals surface area contributed by atoms with E-state index in [-0.39, 0.29) is 31.0 Å². The third kappa shape index (κ3) is 7.73. The average Bonchev–Trinajstić information content (AvgIpc) is 3.41. The highest BCUT2D eigenvalue weighted by Gasteiger charge is 2.32. The molecule has 1 saturated carbocycles. The molecule has 194 valence electrons. The summed E-state index contributed by atoms with van der Waals surface area (Å²) in [5.74, 6) is 0.164. The van der Waals surface area contributed by atoms with Gasteiger partial charge in [-0.1, -0.05) is 90.1 Å². The van der Waals surface area contributed by atoms with Gasteiger partial charge >= 0.3 is 0 Å². The second-order valence-electron chi connectivity index (χ2n) is 9.57. The Balaban J connectivity index is 1.62. The van der Waals surface area contributed by atoms with Crippen molar-refractivity contribution in [2.24, 2.45) is 0 Å². The number of carbonyl (C=O) groups is 2. The molecule has 0 aromatic heterocycles. The van der Waals surface area contributed by atoms with E-state index in [9.17, 15) is 9.59 Å². The predicted octanol–water partition coefficient (Wildman–Crippen LogP) is 6.38. The fourth-order valence-electron chi connectivity index (χ4n) is 4.62. The number of rotatable bonds is 10. The van der Waals surface area contributed by atoms with Crippen LogP contribution in [0.4, 0.5) is 0 Å². The van der Waals surface area contributed by atoms with Gasteiger partial charge in [-0.2, -0.15) is 0 Å². The number of nitrogens with one attached hydrogen (secondary N) is 1. The van der Waals surface area contributed by atoms with E-state index >= 15 is 0 Å². The van der Waals surface area contributed by atoms with E-state index in [1.165, 1.54) is 0 Å². The van der Waals surface area contributed by atoms with Crippen LogP contribution in [0.15, 0.2) is 72.8 Å². The van der Waals surface area contributed by atoms with Gasteiger partial charge in [-0.05, 0) is 55.2 Å². The minimum Gasteiger partial charge on any atom is -0.484 e. The number of aryl methyl sites for hydroxylation is 1. The summed E-state index contributed by atoms with van der Waals surface area (Å²) in [7, 11) is 0. The molecule has 0 radical (unpaired) electrons. The van der Waals surface area contributed by atoms with Gasteiger partial charge < -0.3 is 15.0 Å². The van der Waals surface area contributed by atoms with Crippen LogP contribution in [0.1, 0.15) is 42.4 Å². The zero-order valence-electron chi connectivity index (χ0n) is 21.0. The highest BCUT2D eigenvalue weighted by atomic mass is 35.5. The van der Waals surface area contributed by atoms with Crippen molar-refractivity contribution in [1.29, 1.82) is 0 Å². The first-order valence-corrected chi connectivity index (χ1v) is 13.4. The average molecular weight is 540 g/mol. The number of nitrogens with zero attached hydrogens (tertiary/aromatic N) is 1. The van der Waals surface area contributed by atoms with E-state index in [4.69, 9.17) is 27.9 Å². The molecule has 1 aliphatic carbocycles. The zero-order valence-corrected chi connectivity index (χ0v) is 22.5. The normalized spacial score (nSPS) is 14.2. The van der Waals surface area contributed by atoms with Crippen LogP contribution in [0.25, 0.3) is 0 Å². The lowest BCUT2D eigenvalue weighted by molar-refractivity contribution is -0.143. The molecule has 37 heavy (non-hydrogen) atoms. The van der Waals surface area contributed by atoms with Crippen LogP contribution in [0.2, 0.25) is 10.0 Å². The number of halogens is 2. The Kier molecular flexibility index (Phi) is 9.48. The Labute approximate surface area is 228 Å². The van der Waals surface area contributed by atoms with Crippen molar-refractivity contribution in [1.82, 2.24) is 10.2 Å². The molecule has 0 spiro atoms. The van der Waals surface area contributed by atoms with Crippen LogP contribution in [0, 0.1) is 6.92 Å². The highest BCUT2D eigenvalue weighted by molar-refractivity contribution is 6.42. The Bertz CT molecular complexity index is 1200. The Morgan fingerprint density at radius 3 is 2.32 bits per heavy atom. The van der Waals surface area contributed by atoms with E-state index < -0.39 is 6.04 Å². The predicted molar refractivity (Wildman–Crippen MR) is 148 cm³/mol. The van der Waals surface area contributed by atoms with E-state index in [2.05, 4.69) is 5.32 Å². The van der Waals surface area contributed by atoms with Crippen molar-refractivity contribution in [3.05, 3.63) is 99.5 Å². The lowest BCUT2D eigenvalue weighted by Crippen LogP contribution is -2.53. The third-order valence-electron chi connectivity index (χ3n) is 6.69. The van der Waals surface area contributed by atoms with Crippen LogP contribution in [-0.4, -0.2) is 35.4 Å². The highest BCUT2D eigenvalue weighted by Crippen LogP contribution is 2.25. The first-order chi connectivity index (χ1) is 17.9. The first-order valence-electron chi connectivity index (χ1n) is 12.7. The molecule has 7 heteroatoms. The summed E-state index contributed by atoms with van der Waals surface area (Å²) in [4.78, 5) is 29.0. The van der Waals surface area contributed by atoms with Gasteiger partial charge in [0.1, 0.15) is 11.8 Å². The zero-order chi connectivity index (χ0) is 26.2. The molecule has 1 N–H and O–H groups in total. The number of hydrogen-bond acceptors (Lipinski definition) is 3. The number of amides is 2. The lowest BCUT2D eigenvalue weighted by Gasteiger charge is -2.32. The molecule has 0 bridgehead atoms. The van der Waals surface area contributed by atoms with Gasteiger partial charge in [0.05, 0.1) is 10.0 Å². The van der Waals surface area contributed by atoms with Gasteiger partial charge in [-0.25, -0.2) is 0 Å².